The van der Waals surface area contributed by atoms with E-state index in [-0.39, 0.29) is 22.1 Å². The zero-order valence-electron chi connectivity index (χ0n) is 11.3. The van der Waals surface area contributed by atoms with Gasteiger partial charge in [0, 0.05) is 6.54 Å². The Labute approximate surface area is 127 Å². The molecule has 1 heterocycles. The molecule has 0 aliphatic rings. The van der Waals surface area contributed by atoms with Crippen molar-refractivity contribution in [3.05, 3.63) is 45.5 Å². The number of hydrogen-bond acceptors (Lipinski definition) is 4. The molecule has 22 heavy (non-hydrogen) atoms. The van der Waals surface area contributed by atoms with Gasteiger partial charge in [-0.1, -0.05) is 17.4 Å². The molecule has 2 aromatic rings. The number of halogens is 4. The molecular weight excluding hydrogens is 322 g/mol. The predicted octanol–water partition coefficient (Wildman–Crippen LogP) is 3.18. The molecule has 9 heteroatoms. The molecule has 0 saturated carbocycles. The number of nitrogens with one attached hydrogen (secondary N) is 1. The van der Waals surface area contributed by atoms with Crippen molar-refractivity contribution in [2.24, 2.45) is 0 Å². The molecule has 0 fully saturated rings. The lowest BCUT2D eigenvalue weighted by Gasteiger charge is -2.09. The summed E-state index contributed by atoms with van der Waals surface area (Å²) in [7, 11) is 0. The van der Waals surface area contributed by atoms with Gasteiger partial charge in [-0.05, 0) is 24.1 Å². The second kappa shape index (κ2) is 6.30. The number of nitrogens with two attached hydrogens (primary N) is 1. The fourth-order valence-electron chi connectivity index (χ4n) is 1.80. The van der Waals surface area contributed by atoms with Gasteiger partial charge in [0.2, 0.25) is 0 Å². The van der Waals surface area contributed by atoms with Gasteiger partial charge in [-0.15, -0.1) is 0 Å². The number of benzene rings is 1. The quantitative estimate of drug-likeness (QED) is 0.845. The van der Waals surface area contributed by atoms with Crippen molar-refractivity contribution >= 4 is 22.4 Å². The van der Waals surface area contributed by atoms with Gasteiger partial charge in [0.1, 0.15) is 10.6 Å². The van der Waals surface area contributed by atoms with Crippen LogP contribution in [0.3, 0.4) is 0 Å². The molecular formula is C13H11F4N3OS. The summed E-state index contributed by atoms with van der Waals surface area (Å²) < 4.78 is 51.9. The van der Waals surface area contributed by atoms with Gasteiger partial charge in [-0.3, -0.25) is 4.79 Å². The average molecular weight is 333 g/mol. The lowest BCUT2D eigenvalue weighted by atomic mass is 10.1. The van der Waals surface area contributed by atoms with E-state index in [1.165, 1.54) is 13.0 Å². The Morgan fingerprint density at radius 3 is 2.73 bits per heavy atom. The summed E-state index contributed by atoms with van der Waals surface area (Å²) in [5.41, 5.74) is 5.01. The maximum Gasteiger partial charge on any atom is 0.282 e. The van der Waals surface area contributed by atoms with E-state index in [9.17, 15) is 22.4 Å². The van der Waals surface area contributed by atoms with E-state index in [2.05, 4.69) is 10.3 Å². The van der Waals surface area contributed by atoms with Crippen LogP contribution in [0.5, 0.6) is 0 Å². The van der Waals surface area contributed by atoms with E-state index in [0.717, 1.165) is 6.07 Å². The van der Waals surface area contributed by atoms with Crippen LogP contribution in [0.1, 0.15) is 32.9 Å². The first-order chi connectivity index (χ1) is 10.3. The van der Waals surface area contributed by atoms with Crippen molar-refractivity contribution in [2.75, 3.05) is 5.73 Å². The van der Waals surface area contributed by atoms with E-state index in [1.54, 1.807) is 0 Å². The van der Waals surface area contributed by atoms with Crippen LogP contribution in [-0.2, 0) is 6.54 Å². The minimum Gasteiger partial charge on any atom is -0.375 e. The maximum absolute atomic E-state index is 13.4. The minimum atomic E-state index is -2.93. The number of anilines is 1. The molecule has 0 aliphatic carbocycles. The summed E-state index contributed by atoms with van der Waals surface area (Å²) >= 11 is 0.636. The highest BCUT2D eigenvalue weighted by Gasteiger charge is 2.23. The molecule has 2 rings (SSSR count). The molecule has 0 aliphatic heterocycles. The van der Waals surface area contributed by atoms with E-state index >= 15 is 0 Å². The molecule has 1 aromatic carbocycles. The van der Waals surface area contributed by atoms with Crippen LogP contribution in [0.15, 0.2) is 12.1 Å². The number of amides is 1. The van der Waals surface area contributed by atoms with E-state index in [0.29, 0.717) is 16.9 Å². The van der Waals surface area contributed by atoms with Crippen molar-refractivity contribution < 1.29 is 22.4 Å². The number of carbonyl (C=O) groups is 1. The van der Waals surface area contributed by atoms with Crippen molar-refractivity contribution in [1.82, 2.24) is 10.3 Å². The fraction of sp³-hybridized carbons (Fsp3) is 0.231. The highest BCUT2D eigenvalue weighted by molar-refractivity contribution is 7.17. The summed E-state index contributed by atoms with van der Waals surface area (Å²) in [4.78, 5) is 15.0. The van der Waals surface area contributed by atoms with Crippen LogP contribution in [0.4, 0.5) is 22.7 Å². The second-order valence-electron chi connectivity index (χ2n) is 4.40. The smallest absolute Gasteiger partial charge is 0.282 e. The Balaban J connectivity index is 2.16. The van der Waals surface area contributed by atoms with Gasteiger partial charge in [0.05, 0.1) is 0 Å². The number of thiazole rings is 1. The molecule has 0 radical (unpaired) electrons. The molecule has 1 amide bonds. The third-order valence-corrected chi connectivity index (χ3v) is 3.87. The molecule has 0 saturated heterocycles. The molecule has 118 valence electrons. The van der Waals surface area contributed by atoms with Gasteiger partial charge in [0.15, 0.2) is 16.8 Å². The first-order valence-corrected chi connectivity index (χ1v) is 6.89. The lowest BCUT2D eigenvalue weighted by Crippen LogP contribution is -2.23. The molecule has 1 aromatic heterocycles. The highest BCUT2D eigenvalue weighted by atomic mass is 32.1. The number of hydrogen-bond donors (Lipinski definition) is 2. The van der Waals surface area contributed by atoms with Crippen LogP contribution in [-0.4, -0.2) is 10.9 Å². The number of aromatic nitrogens is 1. The van der Waals surface area contributed by atoms with Crippen LogP contribution in [0.25, 0.3) is 0 Å². The van der Waals surface area contributed by atoms with Crippen LogP contribution >= 0.6 is 11.3 Å². The van der Waals surface area contributed by atoms with Gasteiger partial charge < -0.3 is 11.1 Å². The summed E-state index contributed by atoms with van der Waals surface area (Å²) in [6.45, 7) is 1.22. The molecule has 0 unspecified atom stereocenters. The van der Waals surface area contributed by atoms with E-state index in [1.807, 2.05) is 0 Å². The number of nitrogens with zero attached hydrogens (tertiary/aromatic N) is 1. The molecule has 0 bridgehead atoms. The topological polar surface area (TPSA) is 68.0 Å². The van der Waals surface area contributed by atoms with E-state index < -0.39 is 29.7 Å². The van der Waals surface area contributed by atoms with Crippen LogP contribution in [0.2, 0.25) is 0 Å². The number of carbonyl (C=O) groups excluding carboxylic acids is 1. The van der Waals surface area contributed by atoms with Crippen molar-refractivity contribution in [3.8, 4) is 0 Å². The monoisotopic (exact) mass is 333 g/mol. The average Bonchev–Trinajstić information content (AvgIpc) is 2.86. The minimum absolute atomic E-state index is 0.0400. The summed E-state index contributed by atoms with van der Waals surface area (Å²) in [6, 6.07) is 2.24. The van der Waals surface area contributed by atoms with Crippen LogP contribution < -0.4 is 11.1 Å². The number of rotatable bonds is 4. The summed E-state index contributed by atoms with van der Waals surface area (Å²) in [6.07, 6.45) is -2.93. The summed E-state index contributed by atoms with van der Waals surface area (Å²) in [5, 5.41) is 2.22. The van der Waals surface area contributed by atoms with Gasteiger partial charge >= 0.3 is 0 Å². The summed E-state index contributed by atoms with van der Waals surface area (Å²) in [5.74, 6) is -2.81. The fourth-order valence-corrected chi connectivity index (χ4v) is 2.56. The third kappa shape index (κ3) is 3.19. The molecule has 0 atom stereocenters. The number of nitrogen functional groups attached to an aromatic ring is 1. The van der Waals surface area contributed by atoms with Crippen LogP contribution in [0, 0.1) is 18.6 Å². The van der Waals surface area contributed by atoms with Crippen molar-refractivity contribution in [2.45, 2.75) is 19.9 Å². The Kier molecular flexibility index (Phi) is 4.65. The zero-order chi connectivity index (χ0) is 16.4. The van der Waals surface area contributed by atoms with Gasteiger partial charge in [0.25, 0.3) is 12.3 Å². The predicted molar refractivity (Wildman–Crippen MR) is 73.7 cm³/mol. The second-order valence-corrected chi connectivity index (χ2v) is 5.43. The lowest BCUT2D eigenvalue weighted by molar-refractivity contribution is 0.0940. The maximum atomic E-state index is 13.4. The van der Waals surface area contributed by atoms with Gasteiger partial charge in [-0.25, -0.2) is 22.5 Å². The largest absolute Gasteiger partial charge is 0.375 e. The standard InChI is InChI=1S/C13H11F4N3OS/c1-5-6(2-3-7(14)8(5)15)4-19-12(21)10-9(11(16)17)20-13(18)22-10/h2-3,11H,4H2,1H3,(H2,18,20)(H,19,21). The SMILES string of the molecule is Cc1c(CNC(=O)c2sc(N)nc2C(F)F)ccc(F)c1F. The Hall–Kier alpha value is -2.16. The highest BCUT2D eigenvalue weighted by Crippen LogP contribution is 2.28. The van der Waals surface area contributed by atoms with Crippen molar-refractivity contribution in [1.29, 1.82) is 0 Å². The number of alkyl halides is 2. The molecule has 4 nitrogen and oxygen atoms in total. The molecule has 0 spiro atoms. The van der Waals surface area contributed by atoms with E-state index in [4.69, 9.17) is 5.73 Å². The molecule has 3 N–H and O–H groups in total. The Morgan fingerprint density at radius 1 is 1.41 bits per heavy atom. The van der Waals surface area contributed by atoms with Crippen molar-refractivity contribution in [3.63, 3.8) is 0 Å². The van der Waals surface area contributed by atoms with Gasteiger partial charge in [-0.2, -0.15) is 0 Å². The first-order valence-electron chi connectivity index (χ1n) is 6.07. The first kappa shape index (κ1) is 16.2. The zero-order valence-corrected chi connectivity index (χ0v) is 12.1. The normalized spacial score (nSPS) is 11.0. The Bertz CT molecular complexity index is 718. The third-order valence-electron chi connectivity index (χ3n) is 2.97. The Morgan fingerprint density at radius 2 is 2.09 bits per heavy atom.